The SMILES string of the molecule is C.CC(C)[C-]=CC=[C-]C(C)C.[Y]. The van der Waals surface area contributed by atoms with Crippen molar-refractivity contribution >= 4 is 0 Å². The Balaban J connectivity index is -0.000000405. The Morgan fingerprint density at radius 2 is 1.08 bits per heavy atom. The Labute approximate surface area is 103 Å². The number of allylic oxidation sites excluding steroid dienone is 4. The van der Waals surface area contributed by atoms with Gasteiger partial charge in [0.2, 0.25) is 0 Å². The Morgan fingerprint density at radius 3 is 1.25 bits per heavy atom. The molecule has 0 fully saturated rings. The summed E-state index contributed by atoms with van der Waals surface area (Å²) < 4.78 is 0. The van der Waals surface area contributed by atoms with Crippen LogP contribution < -0.4 is 0 Å². The third-order valence-electron chi connectivity index (χ3n) is 0.942. The van der Waals surface area contributed by atoms with Crippen molar-refractivity contribution in [3.8, 4) is 0 Å². The van der Waals surface area contributed by atoms with E-state index in [1.807, 2.05) is 12.2 Å². The first-order valence-electron chi connectivity index (χ1n) is 3.80. The molecule has 1 heteroatoms. The Bertz CT molecular complexity index is 105. The minimum atomic E-state index is 0. The molecule has 0 aliphatic carbocycles. The molecule has 12 heavy (non-hydrogen) atoms. The molecule has 0 saturated heterocycles. The van der Waals surface area contributed by atoms with E-state index in [2.05, 4.69) is 39.8 Å². The zero-order chi connectivity index (χ0) is 7.98. The average Bonchev–Trinajstić information content (AvgIpc) is 1.79. The van der Waals surface area contributed by atoms with Crippen molar-refractivity contribution in [2.45, 2.75) is 35.1 Å². The van der Waals surface area contributed by atoms with E-state index in [-0.39, 0.29) is 40.1 Å². The summed E-state index contributed by atoms with van der Waals surface area (Å²) in [6, 6.07) is 0. The molecule has 0 spiro atoms. The minimum Gasteiger partial charge on any atom is -0.390 e. The van der Waals surface area contributed by atoms with Gasteiger partial charge in [0.05, 0.1) is 0 Å². The van der Waals surface area contributed by atoms with Crippen molar-refractivity contribution in [3.05, 3.63) is 24.3 Å². The first kappa shape index (κ1) is 18.4. The van der Waals surface area contributed by atoms with Crippen molar-refractivity contribution in [1.82, 2.24) is 0 Å². The molecule has 0 saturated carbocycles. The van der Waals surface area contributed by atoms with Crippen LogP contribution in [0.3, 0.4) is 0 Å². The molecule has 0 amide bonds. The number of hydrogen-bond acceptors (Lipinski definition) is 0. The van der Waals surface area contributed by atoms with Gasteiger partial charge in [-0.05, 0) is 0 Å². The van der Waals surface area contributed by atoms with Gasteiger partial charge in [-0.1, -0.05) is 35.1 Å². The molecular formula is C11H20Y-2. The van der Waals surface area contributed by atoms with Crippen LogP contribution in [0.25, 0.3) is 0 Å². The van der Waals surface area contributed by atoms with Crippen molar-refractivity contribution in [1.29, 1.82) is 0 Å². The van der Waals surface area contributed by atoms with E-state index < -0.39 is 0 Å². The summed E-state index contributed by atoms with van der Waals surface area (Å²) in [5.41, 5.74) is 0. The minimum absolute atomic E-state index is 0. The first-order chi connectivity index (χ1) is 4.63. The van der Waals surface area contributed by atoms with Crippen LogP contribution in [0.1, 0.15) is 35.1 Å². The van der Waals surface area contributed by atoms with Crippen LogP contribution in [-0.4, -0.2) is 0 Å². The van der Waals surface area contributed by atoms with E-state index in [0.717, 1.165) is 0 Å². The molecule has 0 nitrogen and oxygen atoms in total. The molecule has 0 aromatic rings. The summed E-state index contributed by atoms with van der Waals surface area (Å²) in [6.45, 7) is 8.44. The summed E-state index contributed by atoms with van der Waals surface area (Å²) >= 11 is 0. The number of rotatable bonds is 3. The van der Waals surface area contributed by atoms with Crippen LogP contribution in [0.15, 0.2) is 12.2 Å². The molecule has 0 bridgehead atoms. The molecule has 69 valence electrons. The Kier molecular flexibility index (Phi) is 17.7. The quantitative estimate of drug-likeness (QED) is 0.522. The summed E-state index contributed by atoms with van der Waals surface area (Å²) in [7, 11) is 0. The maximum atomic E-state index is 3.16. The van der Waals surface area contributed by atoms with Crippen LogP contribution in [-0.2, 0) is 32.7 Å². The summed E-state index contributed by atoms with van der Waals surface area (Å²) in [6.07, 6.45) is 10.2. The van der Waals surface area contributed by atoms with E-state index in [1.165, 1.54) is 0 Å². The van der Waals surface area contributed by atoms with Crippen LogP contribution in [0, 0.1) is 24.0 Å². The Morgan fingerprint density at radius 1 is 0.833 bits per heavy atom. The zero-order valence-electron chi connectivity index (χ0n) is 7.89. The van der Waals surface area contributed by atoms with Gasteiger partial charge in [-0.3, -0.25) is 0 Å². The largest absolute Gasteiger partial charge is 0.390 e. The zero-order valence-corrected chi connectivity index (χ0v) is 10.7. The summed E-state index contributed by atoms with van der Waals surface area (Å²) in [5.74, 6) is 1.04. The van der Waals surface area contributed by atoms with Crippen molar-refractivity contribution in [3.63, 3.8) is 0 Å². The molecule has 0 atom stereocenters. The smallest absolute Gasteiger partial charge is 0 e. The molecule has 0 N–H and O–H groups in total. The topological polar surface area (TPSA) is 0 Å². The molecule has 0 heterocycles. The third-order valence-corrected chi connectivity index (χ3v) is 0.942. The second-order valence-corrected chi connectivity index (χ2v) is 2.98. The van der Waals surface area contributed by atoms with E-state index >= 15 is 0 Å². The van der Waals surface area contributed by atoms with Gasteiger partial charge in [0.25, 0.3) is 0 Å². The summed E-state index contributed by atoms with van der Waals surface area (Å²) in [5, 5.41) is 0. The fraction of sp³-hybridized carbons (Fsp3) is 0.636. The molecule has 0 aliphatic heterocycles. The fourth-order valence-corrected chi connectivity index (χ4v) is 0.481. The second-order valence-electron chi connectivity index (χ2n) is 2.98. The van der Waals surface area contributed by atoms with E-state index in [4.69, 9.17) is 0 Å². The Hall–Kier alpha value is 0.584. The maximum Gasteiger partial charge on any atom is 0 e. The molecular weight excluding hydrogens is 221 g/mol. The molecule has 0 rings (SSSR count). The van der Waals surface area contributed by atoms with E-state index in [1.54, 1.807) is 0 Å². The molecule has 0 aromatic carbocycles. The van der Waals surface area contributed by atoms with Gasteiger partial charge in [-0.25, -0.2) is 0 Å². The van der Waals surface area contributed by atoms with E-state index in [9.17, 15) is 0 Å². The third kappa shape index (κ3) is 16.9. The molecule has 0 aliphatic rings. The fourth-order valence-electron chi connectivity index (χ4n) is 0.481. The second kappa shape index (κ2) is 11.6. The van der Waals surface area contributed by atoms with Crippen molar-refractivity contribution < 1.29 is 32.7 Å². The van der Waals surface area contributed by atoms with Crippen LogP contribution in [0.5, 0.6) is 0 Å². The van der Waals surface area contributed by atoms with E-state index in [0.29, 0.717) is 11.8 Å². The van der Waals surface area contributed by atoms with Gasteiger partial charge in [0.1, 0.15) is 0 Å². The maximum absolute atomic E-state index is 3.16. The van der Waals surface area contributed by atoms with Crippen LogP contribution in [0.2, 0.25) is 0 Å². The molecule has 0 unspecified atom stereocenters. The van der Waals surface area contributed by atoms with Gasteiger partial charge in [0, 0.05) is 32.7 Å². The monoisotopic (exact) mass is 241 g/mol. The molecule has 0 aromatic heterocycles. The van der Waals surface area contributed by atoms with Gasteiger partial charge < -0.3 is 24.3 Å². The first-order valence-corrected chi connectivity index (χ1v) is 3.80. The predicted molar refractivity (Wildman–Crippen MR) is 52.0 cm³/mol. The number of hydrogen-bond donors (Lipinski definition) is 0. The van der Waals surface area contributed by atoms with Crippen molar-refractivity contribution in [2.75, 3.05) is 0 Å². The van der Waals surface area contributed by atoms with Gasteiger partial charge in [-0.2, -0.15) is 0 Å². The average molecular weight is 241 g/mol. The normalized spacial score (nSPS) is 10.8. The molecule has 1 radical (unpaired) electrons. The van der Waals surface area contributed by atoms with Gasteiger partial charge >= 0.3 is 0 Å². The van der Waals surface area contributed by atoms with Gasteiger partial charge in [-0.15, -0.1) is 11.8 Å². The van der Waals surface area contributed by atoms with Crippen molar-refractivity contribution in [2.24, 2.45) is 11.8 Å². The standard InChI is InChI=1S/C10H16.CH4.Y/c1-9(2)7-5-6-8-10(3)4;;/h5-6,9-10H,1-4H3;1H4;/q-2;;. The summed E-state index contributed by atoms with van der Waals surface area (Å²) in [4.78, 5) is 0. The van der Waals surface area contributed by atoms with Gasteiger partial charge in [0.15, 0.2) is 0 Å². The van der Waals surface area contributed by atoms with Crippen LogP contribution in [0.4, 0.5) is 0 Å². The van der Waals surface area contributed by atoms with Crippen LogP contribution >= 0.6 is 0 Å². The predicted octanol–water partition coefficient (Wildman–Crippen LogP) is 3.65.